The average molecular weight is 341 g/mol. The van der Waals surface area contributed by atoms with Crippen LogP contribution in [0.4, 0.5) is 0 Å². The van der Waals surface area contributed by atoms with E-state index in [1.165, 1.54) is 24.3 Å². The van der Waals surface area contributed by atoms with E-state index in [2.05, 4.69) is 9.43 Å². The highest BCUT2D eigenvalue weighted by Crippen LogP contribution is 2.10. The largest absolute Gasteiger partial charge is 0.294 e. The SMILES string of the molecule is O=S(=O)(O)c1ccccc1.[N-]=[N+]=NS(=O)(=O)c1ccccc1. The average Bonchev–Trinajstić information content (AvgIpc) is 2.49. The summed E-state index contributed by atoms with van der Waals surface area (Å²) < 4.78 is 53.9. The number of azide groups is 1. The predicted molar refractivity (Wildman–Crippen MR) is 79.0 cm³/mol. The van der Waals surface area contributed by atoms with Crippen LogP contribution in [0.5, 0.6) is 0 Å². The highest BCUT2D eigenvalue weighted by Gasteiger charge is 2.09. The van der Waals surface area contributed by atoms with Gasteiger partial charge in [0.15, 0.2) is 0 Å². The monoisotopic (exact) mass is 341 g/mol. The van der Waals surface area contributed by atoms with Crippen molar-refractivity contribution in [1.29, 1.82) is 0 Å². The van der Waals surface area contributed by atoms with Crippen molar-refractivity contribution in [3.63, 3.8) is 0 Å². The molecule has 2 aromatic rings. The molecule has 2 aromatic carbocycles. The molecule has 8 nitrogen and oxygen atoms in total. The van der Waals surface area contributed by atoms with Gasteiger partial charge in [0, 0.05) is 9.43 Å². The zero-order valence-electron chi connectivity index (χ0n) is 11.0. The first-order chi connectivity index (χ1) is 10.3. The standard InChI is InChI=1S/C6H5N3O2S.C6H6O3S/c7-8-9-12(10,11)6-4-2-1-3-5-6;7-10(8,9)6-4-2-1-3-5-6/h1-5H;1-5H,(H,7,8,9). The van der Waals surface area contributed by atoms with Gasteiger partial charge in [-0.05, 0) is 29.8 Å². The van der Waals surface area contributed by atoms with Crippen molar-refractivity contribution in [3.05, 3.63) is 71.1 Å². The minimum atomic E-state index is -4.00. The van der Waals surface area contributed by atoms with Gasteiger partial charge in [-0.3, -0.25) is 4.55 Å². The third kappa shape index (κ3) is 5.54. The second-order valence-electron chi connectivity index (χ2n) is 3.75. The minimum absolute atomic E-state index is 0.00259. The van der Waals surface area contributed by atoms with E-state index in [1.807, 2.05) is 0 Å². The van der Waals surface area contributed by atoms with Crippen molar-refractivity contribution in [2.24, 2.45) is 4.52 Å². The molecule has 1 N–H and O–H groups in total. The van der Waals surface area contributed by atoms with Gasteiger partial charge in [0.2, 0.25) is 0 Å². The Kier molecular flexibility index (Phi) is 6.08. The second kappa shape index (κ2) is 7.57. The van der Waals surface area contributed by atoms with Gasteiger partial charge in [0.25, 0.3) is 20.1 Å². The number of benzene rings is 2. The van der Waals surface area contributed by atoms with Crippen LogP contribution >= 0.6 is 0 Å². The van der Waals surface area contributed by atoms with Crippen molar-refractivity contribution in [1.82, 2.24) is 0 Å². The van der Waals surface area contributed by atoms with Crippen LogP contribution in [-0.4, -0.2) is 21.4 Å². The van der Waals surface area contributed by atoms with Gasteiger partial charge in [0.1, 0.15) is 0 Å². The van der Waals surface area contributed by atoms with Gasteiger partial charge < -0.3 is 0 Å². The number of hydrogen-bond donors (Lipinski definition) is 1. The predicted octanol–water partition coefficient (Wildman–Crippen LogP) is 2.62. The third-order valence-corrected chi connectivity index (χ3v) is 4.25. The Morgan fingerprint density at radius 3 is 1.55 bits per heavy atom. The first-order valence-electron chi connectivity index (χ1n) is 5.66. The number of nitrogens with zero attached hydrogens (tertiary/aromatic N) is 3. The summed E-state index contributed by atoms with van der Waals surface area (Å²) >= 11 is 0. The van der Waals surface area contributed by atoms with Crippen molar-refractivity contribution >= 4 is 20.1 Å². The third-order valence-electron chi connectivity index (χ3n) is 2.23. The number of sulfonamides is 1. The van der Waals surface area contributed by atoms with Gasteiger partial charge in [-0.15, -0.1) is 0 Å². The molecule has 0 amide bonds. The van der Waals surface area contributed by atoms with E-state index in [0.717, 1.165) is 0 Å². The molecule has 0 fully saturated rings. The van der Waals surface area contributed by atoms with Crippen LogP contribution in [-0.2, 0) is 20.1 Å². The summed E-state index contributed by atoms with van der Waals surface area (Å²) in [7, 11) is -7.80. The molecule has 0 aliphatic heterocycles. The quantitative estimate of drug-likeness (QED) is 0.396. The molecule has 0 aliphatic rings. The Hall–Kier alpha value is -2.39. The minimum Gasteiger partial charge on any atom is -0.282 e. The molecule has 0 saturated heterocycles. The van der Waals surface area contributed by atoms with Gasteiger partial charge in [0.05, 0.1) is 9.79 Å². The summed E-state index contributed by atoms with van der Waals surface area (Å²) in [6.07, 6.45) is 0. The lowest BCUT2D eigenvalue weighted by Gasteiger charge is -1.93. The van der Waals surface area contributed by atoms with E-state index in [0.29, 0.717) is 0 Å². The lowest BCUT2D eigenvalue weighted by molar-refractivity contribution is 0.483. The Labute approximate surface area is 127 Å². The molecule has 0 aliphatic carbocycles. The molecule has 116 valence electrons. The number of rotatable bonds is 3. The summed E-state index contributed by atoms with van der Waals surface area (Å²) in [6.45, 7) is 0. The van der Waals surface area contributed by atoms with E-state index < -0.39 is 20.1 Å². The molecule has 0 spiro atoms. The van der Waals surface area contributed by atoms with Gasteiger partial charge in [-0.25, -0.2) is 8.42 Å². The normalized spacial score (nSPS) is 10.8. The Bertz CT molecular complexity index is 859. The van der Waals surface area contributed by atoms with E-state index >= 15 is 0 Å². The summed E-state index contributed by atoms with van der Waals surface area (Å²) in [6, 6.07) is 14.9. The summed E-state index contributed by atoms with van der Waals surface area (Å²) in [5.74, 6) is 0. The van der Waals surface area contributed by atoms with Crippen molar-refractivity contribution in [2.75, 3.05) is 0 Å². The van der Waals surface area contributed by atoms with Crippen LogP contribution in [0.15, 0.2) is 75.0 Å². The van der Waals surface area contributed by atoms with Crippen LogP contribution in [0.3, 0.4) is 0 Å². The summed E-state index contributed by atoms with van der Waals surface area (Å²) in [4.78, 5) is 2.15. The van der Waals surface area contributed by atoms with Gasteiger partial charge in [-0.2, -0.15) is 8.42 Å². The molecule has 0 aromatic heterocycles. The molecule has 0 saturated carbocycles. The van der Waals surface area contributed by atoms with E-state index in [1.54, 1.807) is 36.4 Å². The molecule has 0 bridgehead atoms. The summed E-state index contributed by atoms with van der Waals surface area (Å²) in [5, 5.41) is 0. The molecular formula is C12H11N3O5S2. The fourth-order valence-corrected chi connectivity index (χ4v) is 2.47. The Morgan fingerprint density at radius 1 is 0.818 bits per heavy atom. The highest BCUT2D eigenvalue weighted by atomic mass is 32.2. The van der Waals surface area contributed by atoms with Gasteiger partial charge >= 0.3 is 0 Å². The molecule has 2 rings (SSSR count). The number of hydrogen-bond acceptors (Lipinski definition) is 4. The molecule has 0 atom stereocenters. The lowest BCUT2D eigenvalue weighted by atomic mass is 10.4. The molecule has 0 unspecified atom stereocenters. The highest BCUT2D eigenvalue weighted by molar-refractivity contribution is 7.90. The fraction of sp³-hybridized carbons (Fsp3) is 0. The first-order valence-corrected chi connectivity index (χ1v) is 8.54. The molecular weight excluding hydrogens is 330 g/mol. The smallest absolute Gasteiger partial charge is 0.282 e. The van der Waals surface area contributed by atoms with Crippen molar-refractivity contribution in [3.8, 4) is 0 Å². The van der Waals surface area contributed by atoms with E-state index in [-0.39, 0.29) is 9.79 Å². The molecule has 0 heterocycles. The van der Waals surface area contributed by atoms with Crippen LogP contribution in [0.2, 0.25) is 0 Å². The molecule has 22 heavy (non-hydrogen) atoms. The van der Waals surface area contributed by atoms with E-state index in [4.69, 9.17) is 10.1 Å². The Morgan fingerprint density at radius 2 is 1.23 bits per heavy atom. The first kappa shape index (κ1) is 17.7. The maximum absolute atomic E-state index is 11.0. The fourth-order valence-electron chi connectivity index (χ4n) is 1.28. The van der Waals surface area contributed by atoms with E-state index in [9.17, 15) is 16.8 Å². The van der Waals surface area contributed by atoms with Gasteiger partial charge in [-0.1, -0.05) is 36.4 Å². The van der Waals surface area contributed by atoms with Crippen LogP contribution in [0, 0.1) is 0 Å². The zero-order chi connectivity index (χ0) is 16.6. The molecule has 0 radical (unpaired) electrons. The van der Waals surface area contributed by atoms with Crippen LogP contribution < -0.4 is 0 Å². The maximum Gasteiger partial charge on any atom is 0.294 e. The van der Waals surface area contributed by atoms with Crippen molar-refractivity contribution in [2.45, 2.75) is 9.79 Å². The second-order valence-corrected chi connectivity index (χ2v) is 6.75. The van der Waals surface area contributed by atoms with Crippen molar-refractivity contribution < 1.29 is 21.4 Å². The maximum atomic E-state index is 11.0. The topological polar surface area (TPSA) is 137 Å². The molecule has 10 heteroatoms. The lowest BCUT2D eigenvalue weighted by Crippen LogP contribution is -1.96. The van der Waals surface area contributed by atoms with Crippen LogP contribution in [0.25, 0.3) is 10.4 Å². The zero-order valence-corrected chi connectivity index (χ0v) is 12.6. The summed E-state index contributed by atoms with van der Waals surface area (Å²) in [5.41, 5.74) is 7.94. The van der Waals surface area contributed by atoms with Crippen LogP contribution in [0.1, 0.15) is 0 Å². The Balaban J connectivity index is 0.000000224.